The smallest absolute Gasteiger partial charge is 0.200 e. The highest BCUT2D eigenvalue weighted by Crippen LogP contribution is 2.48. The summed E-state index contributed by atoms with van der Waals surface area (Å²) in [6, 6.07) is 8.34. The lowest BCUT2D eigenvalue weighted by atomic mass is 9.93. The predicted octanol–water partition coefficient (Wildman–Crippen LogP) is 4.53. The molecular weight excluding hydrogens is 355 g/mol. The summed E-state index contributed by atoms with van der Waals surface area (Å²) < 4.78 is 14.9. The largest absolute Gasteiger partial charge is 0.494 e. The molecule has 0 atom stereocenters. The molecule has 134 valence electrons. The van der Waals surface area contributed by atoms with Crippen LogP contribution in [0.2, 0.25) is 5.02 Å². The number of aromatic hydroxyl groups is 1. The lowest BCUT2D eigenvalue weighted by Crippen LogP contribution is -2.19. The van der Waals surface area contributed by atoms with Gasteiger partial charge in [0.2, 0.25) is 5.88 Å². The van der Waals surface area contributed by atoms with Crippen LogP contribution in [0.5, 0.6) is 5.88 Å². The van der Waals surface area contributed by atoms with Gasteiger partial charge in [-0.15, -0.1) is 0 Å². The van der Waals surface area contributed by atoms with Crippen molar-refractivity contribution in [3.05, 3.63) is 52.3 Å². The first-order valence-corrected chi connectivity index (χ1v) is 8.80. The van der Waals surface area contributed by atoms with Gasteiger partial charge >= 0.3 is 0 Å². The minimum atomic E-state index is -0.382. The number of nitrogens with one attached hydrogen (secondary N) is 1. The van der Waals surface area contributed by atoms with Crippen LogP contribution in [0.25, 0.3) is 22.0 Å². The van der Waals surface area contributed by atoms with Gasteiger partial charge in [0.15, 0.2) is 5.78 Å². The number of rotatable bonds is 4. The first kappa shape index (κ1) is 17.1. The van der Waals surface area contributed by atoms with Gasteiger partial charge in [-0.05, 0) is 43.5 Å². The maximum absolute atomic E-state index is 14.9. The molecule has 1 aromatic heterocycles. The molecule has 0 bridgehead atoms. The number of hydrogen-bond acceptors (Lipinski definition) is 3. The number of H-pyrrole nitrogens is 1. The summed E-state index contributed by atoms with van der Waals surface area (Å²) >= 11 is 6.35. The van der Waals surface area contributed by atoms with Gasteiger partial charge in [-0.3, -0.25) is 4.79 Å². The molecular formula is C20H18ClFN2O2. The van der Waals surface area contributed by atoms with Crippen LogP contribution in [0.1, 0.15) is 35.7 Å². The lowest BCUT2D eigenvalue weighted by Gasteiger charge is -2.15. The van der Waals surface area contributed by atoms with Crippen LogP contribution in [0, 0.1) is 5.82 Å². The van der Waals surface area contributed by atoms with Crippen molar-refractivity contribution in [2.45, 2.75) is 25.2 Å². The molecule has 0 amide bonds. The number of aromatic amines is 1. The monoisotopic (exact) mass is 372 g/mol. The molecule has 0 unspecified atom stereocenters. The van der Waals surface area contributed by atoms with Crippen molar-refractivity contribution in [1.29, 1.82) is 0 Å². The molecule has 1 aliphatic carbocycles. The number of fused-ring (bicyclic) bond motifs is 1. The van der Waals surface area contributed by atoms with Crippen LogP contribution in [0.3, 0.4) is 0 Å². The standard InChI is InChI=1S/C20H18ClFN2O2/c1-10(25)18-14-7-13(15(21)8-17(14)24-19(18)26)12-3-2-11(6-16(12)22)20(9-23)4-5-20/h2-3,6-8,24,26H,4-5,9,23H2,1H3. The Hall–Kier alpha value is -2.37. The van der Waals surface area contributed by atoms with Crippen LogP contribution in [0.4, 0.5) is 4.39 Å². The summed E-state index contributed by atoms with van der Waals surface area (Å²) in [7, 11) is 0. The highest BCUT2D eigenvalue weighted by molar-refractivity contribution is 6.34. The van der Waals surface area contributed by atoms with Gasteiger partial charge in [0.05, 0.1) is 16.1 Å². The molecule has 2 aromatic carbocycles. The van der Waals surface area contributed by atoms with E-state index in [1.54, 1.807) is 18.2 Å². The molecule has 1 heterocycles. The second-order valence-electron chi connectivity index (χ2n) is 6.96. The van der Waals surface area contributed by atoms with Crippen molar-refractivity contribution in [2.75, 3.05) is 6.54 Å². The number of aromatic nitrogens is 1. The van der Waals surface area contributed by atoms with Crippen molar-refractivity contribution in [3.63, 3.8) is 0 Å². The van der Waals surface area contributed by atoms with Crippen molar-refractivity contribution in [2.24, 2.45) is 5.73 Å². The van der Waals surface area contributed by atoms with Gasteiger partial charge in [0.1, 0.15) is 5.82 Å². The van der Waals surface area contributed by atoms with Crippen LogP contribution in [-0.2, 0) is 5.41 Å². The second-order valence-corrected chi connectivity index (χ2v) is 7.37. The molecule has 0 spiro atoms. The summed E-state index contributed by atoms with van der Waals surface area (Å²) in [5.74, 6) is -0.876. The molecule has 1 fully saturated rings. The molecule has 3 aromatic rings. The molecule has 0 saturated heterocycles. The van der Waals surface area contributed by atoms with E-state index in [2.05, 4.69) is 4.98 Å². The van der Waals surface area contributed by atoms with E-state index in [1.807, 2.05) is 6.07 Å². The number of carbonyl (C=O) groups excluding carboxylic acids is 1. The first-order valence-electron chi connectivity index (χ1n) is 8.42. The highest BCUT2D eigenvalue weighted by atomic mass is 35.5. The summed E-state index contributed by atoms with van der Waals surface area (Å²) in [4.78, 5) is 14.6. The highest BCUT2D eigenvalue weighted by Gasteiger charge is 2.43. The summed E-state index contributed by atoms with van der Waals surface area (Å²) in [6.45, 7) is 1.87. The SMILES string of the molecule is CC(=O)c1c(O)[nH]c2cc(Cl)c(-c3ccc(C4(CN)CC4)cc3F)cc12. The zero-order valence-corrected chi connectivity index (χ0v) is 15.0. The van der Waals surface area contributed by atoms with Crippen LogP contribution in [0.15, 0.2) is 30.3 Å². The Labute approximate surface area is 154 Å². The molecule has 4 rings (SSSR count). The Bertz CT molecular complexity index is 1050. The number of hydrogen-bond donors (Lipinski definition) is 3. The average Bonchev–Trinajstić information content (AvgIpc) is 3.32. The average molecular weight is 373 g/mol. The topological polar surface area (TPSA) is 79.1 Å². The molecule has 6 heteroatoms. The molecule has 0 aliphatic heterocycles. The molecule has 26 heavy (non-hydrogen) atoms. The fourth-order valence-corrected chi connectivity index (χ4v) is 3.85. The number of halogens is 2. The van der Waals surface area contributed by atoms with E-state index in [0.29, 0.717) is 33.6 Å². The van der Waals surface area contributed by atoms with Crippen LogP contribution < -0.4 is 5.73 Å². The third-order valence-electron chi connectivity index (χ3n) is 5.33. The molecule has 4 N–H and O–H groups in total. The first-order chi connectivity index (χ1) is 12.4. The van der Waals surface area contributed by atoms with E-state index in [0.717, 1.165) is 18.4 Å². The number of Topliss-reactive ketones (excluding diaryl/α,β-unsaturated/α-hetero) is 1. The van der Waals surface area contributed by atoms with E-state index >= 15 is 0 Å². The molecule has 4 nitrogen and oxygen atoms in total. The Morgan fingerprint density at radius 1 is 1.31 bits per heavy atom. The predicted molar refractivity (Wildman–Crippen MR) is 100 cm³/mol. The fourth-order valence-electron chi connectivity index (χ4n) is 3.59. The fraction of sp³-hybridized carbons (Fsp3) is 0.250. The van der Waals surface area contributed by atoms with E-state index in [4.69, 9.17) is 17.3 Å². The van der Waals surface area contributed by atoms with E-state index in [9.17, 15) is 14.3 Å². The number of benzene rings is 2. The van der Waals surface area contributed by atoms with Gasteiger partial charge in [-0.25, -0.2) is 4.39 Å². The van der Waals surface area contributed by atoms with Crippen molar-refractivity contribution in [1.82, 2.24) is 4.98 Å². The van der Waals surface area contributed by atoms with Gasteiger partial charge in [0.25, 0.3) is 0 Å². The van der Waals surface area contributed by atoms with Gasteiger partial charge in [0, 0.05) is 28.5 Å². The number of nitrogens with two attached hydrogens (primary N) is 1. The second kappa shape index (κ2) is 5.83. The quantitative estimate of drug-likeness (QED) is 0.589. The minimum absolute atomic E-state index is 0.0959. The van der Waals surface area contributed by atoms with Gasteiger partial charge in [-0.2, -0.15) is 0 Å². The summed E-state index contributed by atoms with van der Waals surface area (Å²) in [5, 5.41) is 10.8. The van der Waals surface area contributed by atoms with Crippen LogP contribution in [-0.4, -0.2) is 22.4 Å². The third-order valence-corrected chi connectivity index (χ3v) is 5.65. The molecule has 1 saturated carbocycles. The zero-order chi connectivity index (χ0) is 18.6. The third kappa shape index (κ3) is 2.50. The Morgan fingerprint density at radius 3 is 2.62 bits per heavy atom. The van der Waals surface area contributed by atoms with Crippen LogP contribution >= 0.6 is 11.6 Å². The summed E-state index contributed by atoms with van der Waals surface area (Å²) in [5.41, 5.74) is 8.17. The summed E-state index contributed by atoms with van der Waals surface area (Å²) in [6.07, 6.45) is 1.94. The van der Waals surface area contributed by atoms with Crippen molar-refractivity contribution < 1.29 is 14.3 Å². The van der Waals surface area contributed by atoms with Gasteiger partial charge < -0.3 is 15.8 Å². The normalized spacial score (nSPS) is 15.4. The lowest BCUT2D eigenvalue weighted by molar-refractivity contribution is 0.101. The van der Waals surface area contributed by atoms with E-state index in [-0.39, 0.29) is 28.5 Å². The van der Waals surface area contributed by atoms with E-state index in [1.165, 1.54) is 13.0 Å². The zero-order valence-electron chi connectivity index (χ0n) is 14.2. The van der Waals surface area contributed by atoms with Crippen molar-refractivity contribution in [3.8, 4) is 17.0 Å². The van der Waals surface area contributed by atoms with Gasteiger partial charge in [-0.1, -0.05) is 23.7 Å². The van der Waals surface area contributed by atoms with E-state index < -0.39 is 0 Å². The molecule has 0 radical (unpaired) electrons. The number of ketones is 1. The number of carbonyl (C=O) groups is 1. The Morgan fingerprint density at radius 2 is 2.04 bits per heavy atom. The maximum Gasteiger partial charge on any atom is 0.200 e. The maximum atomic E-state index is 14.9. The molecule has 1 aliphatic rings. The Balaban J connectivity index is 1.87. The Kier molecular flexibility index (Phi) is 3.82. The van der Waals surface area contributed by atoms with Crippen molar-refractivity contribution >= 4 is 28.3 Å². The minimum Gasteiger partial charge on any atom is -0.494 e.